The summed E-state index contributed by atoms with van der Waals surface area (Å²) >= 11 is 1.28. The maximum absolute atomic E-state index is 13.1. The number of ether oxygens (including phenoxy) is 1. The van der Waals surface area contributed by atoms with Crippen molar-refractivity contribution in [2.24, 2.45) is 9.50 Å². The molecule has 0 radical (unpaired) electrons. The molecule has 2 N–H and O–H groups in total. The molecule has 0 fully saturated rings. The number of anilines is 1. The van der Waals surface area contributed by atoms with Crippen molar-refractivity contribution in [1.29, 1.82) is 0 Å². The number of thiazole rings is 1. The second-order valence-corrected chi connectivity index (χ2v) is 10.8. The quantitative estimate of drug-likeness (QED) is 0.564. The maximum atomic E-state index is 13.1. The highest BCUT2D eigenvalue weighted by Gasteiger charge is 2.21. The Bertz CT molecular complexity index is 1390. The van der Waals surface area contributed by atoms with E-state index in [0.717, 1.165) is 34.5 Å². The molecule has 1 aliphatic heterocycles. The van der Waals surface area contributed by atoms with Gasteiger partial charge in [0.1, 0.15) is 17.3 Å². The average Bonchev–Trinajstić information content (AvgIpc) is 3.32. The summed E-state index contributed by atoms with van der Waals surface area (Å²) < 4.78 is 47.8. The number of amides is 1. The summed E-state index contributed by atoms with van der Waals surface area (Å²) in [6.07, 6.45) is -0.414. The molecule has 4 rings (SSSR count). The van der Waals surface area contributed by atoms with Gasteiger partial charge < -0.3 is 4.74 Å². The molecule has 0 aliphatic carbocycles. The fourth-order valence-corrected chi connectivity index (χ4v) is 4.81. The highest BCUT2D eigenvalue weighted by atomic mass is 32.2. The Morgan fingerprint density at radius 3 is 2.64 bits per heavy atom. The van der Waals surface area contributed by atoms with Crippen molar-refractivity contribution >= 4 is 54.3 Å². The lowest BCUT2D eigenvalue weighted by molar-refractivity contribution is 0.0636. The van der Waals surface area contributed by atoms with Crippen LogP contribution in [0.15, 0.2) is 56.9 Å². The predicted molar refractivity (Wildman–Crippen MR) is 125 cm³/mol. The summed E-state index contributed by atoms with van der Waals surface area (Å²) in [5, 5.41) is 7.21. The van der Waals surface area contributed by atoms with Crippen LogP contribution in [0.1, 0.15) is 32.8 Å². The van der Waals surface area contributed by atoms with E-state index < -0.39 is 27.5 Å². The fraction of sp³-hybridized carbons (Fsp3) is 0.238. The number of rotatable bonds is 4. The van der Waals surface area contributed by atoms with E-state index >= 15 is 0 Å². The molecule has 0 bridgehead atoms. The SMILES string of the molecule is CC(C)(C)OC(=O)Nc1nc2ccc(C3=NNC(=NS(=O)(=O)c4ccc(F)cc4)C3)cc2s1. The van der Waals surface area contributed by atoms with Gasteiger partial charge in [-0.15, -0.1) is 4.40 Å². The van der Waals surface area contributed by atoms with E-state index in [4.69, 9.17) is 4.74 Å². The van der Waals surface area contributed by atoms with Crippen molar-refractivity contribution in [1.82, 2.24) is 10.4 Å². The molecule has 2 aromatic carbocycles. The zero-order valence-corrected chi connectivity index (χ0v) is 19.6. The lowest BCUT2D eigenvalue weighted by Crippen LogP contribution is -2.27. The number of nitrogens with one attached hydrogen (secondary N) is 2. The van der Waals surface area contributed by atoms with Gasteiger partial charge in [-0.2, -0.15) is 13.5 Å². The van der Waals surface area contributed by atoms with Crippen LogP contribution in [0.5, 0.6) is 0 Å². The fourth-order valence-electron chi connectivity index (χ4n) is 2.94. The van der Waals surface area contributed by atoms with E-state index in [0.29, 0.717) is 16.4 Å². The Labute approximate surface area is 193 Å². The highest BCUT2D eigenvalue weighted by Crippen LogP contribution is 2.28. The smallest absolute Gasteiger partial charge is 0.413 e. The number of carbonyl (C=O) groups excluding carboxylic acids is 1. The van der Waals surface area contributed by atoms with Gasteiger partial charge in [0, 0.05) is 0 Å². The number of hydrazone groups is 1. The standard InChI is InChI=1S/C21H20FN5O4S2/c1-21(2,3)31-20(28)24-19-23-15-9-4-12(10-17(15)32-19)16-11-18(26-25-16)27-33(29,30)14-7-5-13(22)6-8-14/h4-10H,11H2,1-3H3,(H,26,27)(H,23,24,28). The molecule has 0 saturated heterocycles. The van der Waals surface area contributed by atoms with Crippen molar-refractivity contribution in [3.63, 3.8) is 0 Å². The number of sulfonamides is 1. The third-order valence-electron chi connectivity index (χ3n) is 4.33. The summed E-state index contributed by atoms with van der Waals surface area (Å²) in [6.45, 7) is 5.32. The van der Waals surface area contributed by atoms with Gasteiger partial charge in [0.15, 0.2) is 5.13 Å². The van der Waals surface area contributed by atoms with Crippen LogP contribution in [0.2, 0.25) is 0 Å². The highest BCUT2D eigenvalue weighted by molar-refractivity contribution is 7.90. The van der Waals surface area contributed by atoms with E-state index in [-0.39, 0.29) is 17.2 Å². The molecular weight excluding hydrogens is 469 g/mol. The third kappa shape index (κ3) is 5.52. The first-order valence-corrected chi connectivity index (χ1v) is 12.1. The summed E-state index contributed by atoms with van der Waals surface area (Å²) in [5.41, 5.74) is 4.07. The molecule has 33 heavy (non-hydrogen) atoms. The zero-order chi connectivity index (χ0) is 23.8. The number of hydrogen-bond acceptors (Lipinski definition) is 7. The first-order chi connectivity index (χ1) is 15.5. The van der Waals surface area contributed by atoms with Gasteiger partial charge in [-0.3, -0.25) is 10.7 Å². The molecule has 1 amide bonds. The van der Waals surface area contributed by atoms with Crippen molar-refractivity contribution in [2.75, 3.05) is 5.32 Å². The predicted octanol–water partition coefficient (Wildman–Crippen LogP) is 4.27. The normalized spacial score (nSPS) is 15.4. The van der Waals surface area contributed by atoms with E-state index in [1.54, 1.807) is 32.9 Å². The van der Waals surface area contributed by atoms with Crippen LogP contribution in [0.4, 0.5) is 14.3 Å². The minimum Gasteiger partial charge on any atom is -0.444 e. The molecule has 0 saturated carbocycles. The van der Waals surface area contributed by atoms with E-state index in [1.807, 2.05) is 6.07 Å². The largest absolute Gasteiger partial charge is 0.444 e. The van der Waals surface area contributed by atoms with Crippen LogP contribution >= 0.6 is 11.3 Å². The van der Waals surface area contributed by atoms with Gasteiger partial charge in [0.25, 0.3) is 10.0 Å². The van der Waals surface area contributed by atoms with Crippen LogP contribution in [0.3, 0.4) is 0 Å². The second kappa shape index (κ2) is 8.52. The molecule has 2 heterocycles. The maximum Gasteiger partial charge on any atom is 0.413 e. The van der Waals surface area contributed by atoms with Crippen molar-refractivity contribution < 1.29 is 22.3 Å². The number of hydrogen-bond donors (Lipinski definition) is 2. The molecule has 3 aromatic rings. The molecule has 1 aromatic heterocycles. The van der Waals surface area contributed by atoms with Gasteiger partial charge >= 0.3 is 6.09 Å². The van der Waals surface area contributed by atoms with Crippen molar-refractivity contribution in [2.45, 2.75) is 37.7 Å². The number of benzene rings is 2. The van der Waals surface area contributed by atoms with Crippen LogP contribution < -0.4 is 10.7 Å². The average molecular weight is 490 g/mol. The van der Waals surface area contributed by atoms with Crippen molar-refractivity contribution in [3.05, 3.63) is 53.8 Å². The number of carbonyl (C=O) groups is 1. The molecule has 0 unspecified atom stereocenters. The number of halogens is 1. The summed E-state index contributed by atoms with van der Waals surface area (Å²) in [7, 11) is -4.00. The Morgan fingerprint density at radius 1 is 1.21 bits per heavy atom. The zero-order valence-electron chi connectivity index (χ0n) is 17.9. The van der Waals surface area contributed by atoms with Gasteiger partial charge in [-0.25, -0.2) is 14.2 Å². The van der Waals surface area contributed by atoms with E-state index in [9.17, 15) is 17.6 Å². The first-order valence-electron chi connectivity index (χ1n) is 9.81. The van der Waals surface area contributed by atoms with Crippen molar-refractivity contribution in [3.8, 4) is 0 Å². The first kappa shape index (κ1) is 22.8. The number of aromatic nitrogens is 1. The van der Waals surface area contributed by atoms with Gasteiger partial charge in [0.05, 0.1) is 27.2 Å². The molecule has 0 atom stereocenters. The molecule has 1 aliphatic rings. The molecule has 0 spiro atoms. The van der Waals surface area contributed by atoms with Crippen LogP contribution in [-0.2, 0) is 14.8 Å². The van der Waals surface area contributed by atoms with Crippen LogP contribution in [0, 0.1) is 5.82 Å². The lowest BCUT2D eigenvalue weighted by Gasteiger charge is -2.18. The number of nitrogens with zero attached hydrogens (tertiary/aromatic N) is 3. The Morgan fingerprint density at radius 2 is 1.94 bits per heavy atom. The monoisotopic (exact) mass is 489 g/mol. The minimum absolute atomic E-state index is 0.109. The molecular formula is C21H20FN5O4S2. The van der Waals surface area contributed by atoms with Gasteiger partial charge in [0.2, 0.25) is 0 Å². The van der Waals surface area contributed by atoms with E-state index in [1.165, 1.54) is 11.3 Å². The van der Waals surface area contributed by atoms with Crippen LogP contribution in [-0.4, -0.2) is 36.6 Å². The minimum atomic E-state index is -4.00. The van der Waals surface area contributed by atoms with E-state index in [2.05, 4.69) is 25.2 Å². The Balaban J connectivity index is 1.49. The van der Waals surface area contributed by atoms with Gasteiger partial charge in [-0.1, -0.05) is 17.4 Å². The summed E-state index contributed by atoms with van der Waals surface area (Å²) in [5.74, 6) is -0.375. The topological polar surface area (TPSA) is 122 Å². The Hall–Kier alpha value is -3.38. The number of amidine groups is 1. The lowest BCUT2D eigenvalue weighted by atomic mass is 10.1. The Kier molecular flexibility index (Phi) is 5.89. The molecule has 9 nitrogen and oxygen atoms in total. The number of fused-ring (bicyclic) bond motifs is 1. The summed E-state index contributed by atoms with van der Waals surface area (Å²) in [4.78, 5) is 16.2. The third-order valence-corrected chi connectivity index (χ3v) is 6.59. The van der Waals surface area contributed by atoms with Crippen LogP contribution in [0.25, 0.3) is 10.2 Å². The summed E-state index contributed by atoms with van der Waals surface area (Å²) in [6, 6.07) is 9.88. The second-order valence-electron chi connectivity index (χ2n) is 8.14. The molecule has 12 heteroatoms. The van der Waals surface area contributed by atoms with Gasteiger partial charge in [-0.05, 0) is 62.7 Å². The molecule has 172 valence electrons.